The third-order valence-electron chi connectivity index (χ3n) is 4.09. The number of carbonyl (C=O) groups excluding carboxylic acids is 1. The van der Waals surface area contributed by atoms with E-state index in [-0.39, 0.29) is 18.1 Å². The predicted molar refractivity (Wildman–Crippen MR) is 92.3 cm³/mol. The molecule has 0 aliphatic carbocycles. The molecule has 1 aliphatic rings. The number of hydrogen-bond donors (Lipinski definition) is 1. The van der Waals surface area contributed by atoms with E-state index in [0.29, 0.717) is 19.6 Å². The van der Waals surface area contributed by atoms with Gasteiger partial charge in [-0.1, -0.05) is 12.1 Å². The molecule has 134 valence electrons. The molecule has 0 bridgehead atoms. The fraction of sp³-hybridized carbons (Fsp3) is 0.562. The van der Waals surface area contributed by atoms with Crippen LogP contribution in [0.3, 0.4) is 0 Å². The lowest BCUT2D eigenvalue weighted by atomic mass is 10.2. The number of carbonyl (C=O) groups is 1. The fourth-order valence-corrected chi connectivity index (χ4v) is 3.87. The average Bonchev–Trinajstić information content (AvgIpc) is 2.59. The standard InChI is InChI=1S/C16H25N3O4S/c1-18-8-10-19(11-9-18)24(21,22)12-7-16(20)17-13-14-3-5-15(23-2)6-4-14/h3-6H,7-13H2,1-2H3,(H,17,20). The van der Waals surface area contributed by atoms with Crippen molar-refractivity contribution >= 4 is 15.9 Å². The third kappa shape index (κ3) is 5.47. The molecule has 0 radical (unpaired) electrons. The first kappa shape index (κ1) is 18.7. The molecule has 0 aromatic heterocycles. The average molecular weight is 355 g/mol. The Balaban J connectivity index is 1.75. The molecule has 1 saturated heterocycles. The molecule has 1 amide bonds. The zero-order chi connectivity index (χ0) is 17.6. The molecule has 0 saturated carbocycles. The lowest BCUT2D eigenvalue weighted by molar-refractivity contribution is -0.120. The summed E-state index contributed by atoms with van der Waals surface area (Å²) in [5.41, 5.74) is 0.936. The van der Waals surface area contributed by atoms with Crippen LogP contribution in [0.15, 0.2) is 24.3 Å². The first-order valence-electron chi connectivity index (χ1n) is 7.97. The Hall–Kier alpha value is -1.64. The largest absolute Gasteiger partial charge is 0.497 e. The minimum atomic E-state index is -3.36. The predicted octanol–water partition coefficient (Wildman–Crippen LogP) is 0.279. The molecular formula is C16H25N3O4S. The number of methoxy groups -OCH3 is 1. The van der Waals surface area contributed by atoms with Crippen molar-refractivity contribution in [2.24, 2.45) is 0 Å². The molecule has 1 aromatic rings. The summed E-state index contributed by atoms with van der Waals surface area (Å²) < 4.78 is 31.1. The van der Waals surface area contributed by atoms with Gasteiger partial charge in [0.25, 0.3) is 0 Å². The van der Waals surface area contributed by atoms with Gasteiger partial charge in [-0.2, -0.15) is 4.31 Å². The minimum absolute atomic E-state index is 0.0230. The van der Waals surface area contributed by atoms with Gasteiger partial charge in [0.05, 0.1) is 12.9 Å². The maximum atomic E-state index is 12.3. The molecule has 7 nitrogen and oxygen atoms in total. The smallest absolute Gasteiger partial charge is 0.221 e. The van der Waals surface area contributed by atoms with Crippen molar-refractivity contribution in [1.82, 2.24) is 14.5 Å². The number of amides is 1. The van der Waals surface area contributed by atoms with Gasteiger partial charge < -0.3 is 15.0 Å². The van der Waals surface area contributed by atoms with Crippen LogP contribution in [0.4, 0.5) is 0 Å². The number of piperazine rings is 1. The van der Waals surface area contributed by atoms with Crippen LogP contribution in [0.25, 0.3) is 0 Å². The number of likely N-dealkylation sites (N-methyl/N-ethyl adjacent to an activating group) is 1. The van der Waals surface area contributed by atoms with Crippen LogP contribution in [0.1, 0.15) is 12.0 Å². The third-order valence-corrected chi connectivity index (χ3v) is 5.96. The second-order valence-corrected chi connectivity index (χ2v) is 7.98. The number of ether oxygens (including phenoxy) is 1. The highest BCUT2D eigenvalue weighted by Gasteiger charge is 2.25. The number of sulfonamides is 1. The molecule has 2 rings (SSSR count). The monoisotopic (exact) mass is 355 g/mol. The van der Waals surface area contributed by atoms with Gasteiger partial charge in [0, 0.05) is 39.1 Å². The molecule has 0 spiro atoms. The summed E-state index contributed by atoms with van der Waals surface area (Å²) >= 11 is 0. The quantitative estimate of drug-likeness (QED) is 0.760. The summed E-state index contributed by atoms with van der Waals surface area (Å²) in [4.78, 5) is 14.0. The van der Waals surface area contributed by atoms with E-state index in [0.717, 1.165) is 24.4 Å². The first-order valence-corrected chi connectivity index (χ1v) is 9.57. The zero-order valence-electron chi connectivity index (χ0n) is 14.2. The van der Waals surface area contributed by atoms with Crippen molar-refractivity contribution in [3.8, 4) is 5.75 Å². The summed E-state index contributed by atoms with van der Waals surface area (Å²) in [6, 6.07) is 7.36. The van der Waals surface area contributed by atoms with Crippen molar-refractivity contribution in [1.29, 1.82) is 0 Å². The highest BCUT2D eigenvalue weighted by atomic mass is 32.2. The van der Waals surface area contributed by atoms with Gasteiger partial charge in [0.2, 0.25) is 15.9 Å². The van der Waals surface area contributed by atoms with Crippen LogP contribution in [-0.4, -0.2) is 69.6 Å². The van der Waals surface area contributed by atoms with Crippen LogP contribution < -0.4 is 10.1 Å². The maximum Gasteiger partial charge on any atom is 0.221 e. The summed E-state index contributed by atoms with van der Waals surface area (Å²) in [5, 5.41) is 2.75. The number of benzene rings is 1. The maximum absolute atomic E-state index is 12.3. The van der Waals surface area contributed by atoms with Crippen LogP contribution in [-0.2, 0) is 21.4 Å². The minimum Gasteiger partial charge on any atom is -0.497 e. The van der Waals surface area contributed by atoms with Gasteiger partial charge in [0.1, 0.15) is 5.75 Å². The normalized spacial score (nSPS) is 16.8. The SMILES string of the molecule is COc1ccc(CNC(=O)CCS(=O)(=O)N2CCN(C)CC2)cc1. The number of hydrogen-bond acceptors (Lipinski definition) is 5. The Kier molecular flexibility index (Phi) is 6.59. The van der Waals surface area contributed by atoms with Gasteiger partial charge >= 0.3 is 0 Å². The molecule has 0 atom stereocenters. The van der Waals surface area contributed by atoms with E-state index in [1.54, 1.807) is 7.11 Å². The van der Waals surface area contributed by atoms with E-state index in [9.17, 15) is 13.2 Å². The second kappa shape index (κ2) is 8.46. The lowest BCUT2D eigenvalue weighted by Crippen LogP contribution is -2.48. The molecule has 24 heavy (non-hydrogen) atoms. The molecule has 1 fully saturated rings. The summed E-state index contributed by atoms with van der Waals surface area (Å²) in [6.45, 7) is 2.81. The van der Waals surface area contributed by atoms with Crippen LogP contribution in [0.2, 0.25) is 0 Å². The summed E-state index contributed by atoms with van der Waals surface area (Å²) in [7, 11) is 0.199. The van der Waals surface area contributed by atoms with Crippen molar-refractivity contribution in [2.45, 2.75) is 13.0 Å². The molecule has 1 aromatic carbocycles. The van der Waals surface area contributed by atoms with Gasteiger partial charge in [-0.15, -0.1) is 0 Å². The Labute approximate surface area is 143 Å². The fourth-order valence-electron chi connectivity index (χ4n) is 2.45. The van der Waals surface area contributed by atoms with Crippen molar-refractivity contribution in [2.75, 3.05) is 46.1 Å². The highest BCUT2D eigenvalue weighted by molar-refractivity contribution is 7.89. The Morgan fingerprint density at radius 2 is 1.79 bits per heavy atom. The molecule has 1 aliphatic heterocycles. The Morgan fingerprint density at radius 1 is 1.17 bits per heavy atom. The van der Waals surface area contributed by atoms with Gasteiger partial charge in [-0.3, -0.25) is 4.79 Å². The highest BCUT2D eigenvalue weighted by Crippen LogP contribution is 2.11. The zero-order valence-corrected chi connectivity index (χ0v) is 15.0. The Morgan fingerprint density at radius 3 is 2.38 bits per heavy atom. The van der Waals surface area contributed by atoms with Crippen LogP contribution in [0.5, 0.6) is 5.75 Å². The van der Waals surface area contributed by atoms with Gasteiger partial charge in [-0.05, 0) is 24.7 Å². The Bertz CT molecular complexity index is 638. The van der Waals surface area contributed by atoms with Crippen molar-refractivity contribution in [3.63, 3.8) is 0 Å². The lowest BCUT2D eigenvalue weighted by Gasteiger charge is -2.31. The van der Waals surface area contributed by atoms with E-state index >= 15 is 0 Å². The molecule has 8 heteroatoms. The van der Waals surface area contributed by atoms with E-state index in [4.69, 9.17) is 4.74 Å². The number of rotatable bonds is 7. The van der Waals surface area contributed by atoms with Gasteiger partial charge in [0.15, 0.2) is 0 Å². The molecule has 1 N–H and O–H groups in total. The number of nitrogens with zero attached hydrogens (tertiary/aromatic N) is 2. The molecular weight excluding hydrogens is 330 g/mol. The van der Waals surface area contributed by atoms with Gasteiger partial charge in [-0.25, -0.2) is 8.42 Å². The molecule has 0 unspecified atom stereocenters. The topological polar surface area (TPSA) is 78.9 Å². The van der Waals surface area contributed by atoms with E-state index in [2.05, 4.69) is 10.2 Å². The van der Waals surface area contributed by atoms with Crippen molar-refractivity contribution in [3.05, 3.63) is 29.8 Å². The summed E-state index contributed by atoms with van der Waals surface area (Å²) in [6.07, 6.45) is -0.0230. The van der Waals surface area contributed by atoms with E-state index in [1.165, 1.54) is 4.31 Å². The second-order valence-electron chi connectivity index (χ2n) is 5.89. The first-order chi connectivity index (χ1) is 11.4. The van der Waals surface area contributed by atoms with E-state index < -0.39 is 10.0 Å². The number of nitrogens with one attached hydrogen (secondary N) is 1. The summed E-state index contributed by atoms with van der Waals surface area (Å²) in [5.74, 6) is 0.345. The molecule has 1 heterocycles. The van der Waals surface area contributed by atoms with Crippen molar-refractivity contribution < 1.29 is 17.9 Å². The van der Waals surface area contributed by atoms with Crippen LogP contribution >= 0.6 is 0 Å². The van der Waals surface area contributed by atoms with E-state index in [1.807, 2.05) is 31.3 Å². The van der Waals surface area contributed by atoms with Crippen LogP contribution in [0, 0.1) is 0 Å².